The first-order chi connectivity index (χ1) is 14.1. The predicted molar refractivity (Wildman–Crippen MR) is 101 cm³/mol. The number of hydrogen-bond donors (Lipinski definition) is 0. The van der Waals surface area contributed by atoms with Crippen molar-refractivity contribution in [3.8, 4) is 11.5 Å². The van der Waals surface area contributed by atoms with Gasteiger partial charge in [-0.3, -0.25) is 19.3 Å². The summed E-state index contributed by atoms with van der Waals surface area (Å²) in [5.74, 6) is -0.600. The standard InChI is InChI=1S/C21H17N3O5/c25-18(28-13-17-22-23-19(29-17)14-7-2-1-3-8-14)11-6-12-24-20(26)15-9-4-5-10-16(15)21(24)27/h1-5,7-10H,6,11-13H2. The molecule has 0 aliphatic carbocycles. The number of imide groups is 1. The van der Waals surface area contributed by atoms with Gasteiger partial charge in [0, 0.05) is 18.5 Å². The molecule has 0 fully saturated rings. The van der Waals surface area contributed by atoms with Crippen molar-refractivity contribution in [1.82, 2.24) is 15.1 Å². The lowest BCUT2D eigenvalue weighted by molar-refractivity contribution is -0.145. The van der Waals surface area contributed by atoms with Gasteiger partial charge in [-0.05, 0) is 30.7 Å². The van der Waals surface area contributed by atoms with E-state index in [4.69, 9.17) is 9.15 Å². The Balaban J connectivity index is 1.24. The number of ether oxygens (including phenoxy) is 1. The summed E-state index contributed by atoms with van der Waals surface area (Å²) in [6, 6.07) is 15.9. The van der Waals surface area contributed by atoms with Crippen LogP contribution in [0.25, 0.3) is 11.5 Å². The molecule has 29 heavy (non-hydrogen) atoms. The number of esters is 1. The first-order valence-electron chi connectivity index (χ1n) is 9.12. The van der Waals surface area contributed by atoms with Crippen molar-refractivity contribution in [2.45, 2.75) is 19.4 Å². The van der Waals surface area contributed by atoms with E-state index >= 15 is 0 Å². The lowest BCUT2D eigenvalue weighted by atomic mass is 10.1. The number of rotatable bonds is 7. The normalized spacial score (nSPS) is 12.9. The molecule has 1 aromatic heterocycles. The van der Waals surface area contributed by atoms with E-state index in [1.165, 1.54) is 0 Å². The summed E-state index contributed by atoms with van der Waals surface area (Å²) < 4.78 is 10.6. The van der Waals surface area contributed by atoms with Crippen molar-refractivity contribution < 1.29 is 23.5 Å². The number of carbonyl (C=O) groups is 3. The summed E-state index contributed by atoms with van der Waals surface area (Å²) in [4.78, 5) is 37.7. The smallest absolute Gasteiger partial charge is 0.306 e. The maximum Gasteiger partial charge on any atom is 0.306 e. The zero-order valence-corrected chi connectivity index (χ0v) is 15.4. The number of amides is 2. The van der Waals surface area contributed by atoms with Gasteiger partial charge in [0.25, 0.3) is 17.7 Å². The summed E-state index contributed by atoms with van der Waals surface area (Å²) in [5.41, 5.74) is 1.56. The first-order valence-corrected chi connectivity index (χ1v) is 9.12. The molecule has 2 aromatic carbocycles. The van der Waals surface area contributed by atoms with Gasteiger partial charge < -0.3 is 9.15 Å². The summed E-state index contributed by atoms with van der Waals surface area (Å²) in [6.07, 6.45) is 0.372. The molecule has 0 saturated heterocycles. The third kappa shape index (κ3) is 3.91. The Hall–Kier alpha value is -3.81. The van der Waals surface area contributed by atoms with Crippen LogP contribution in [0.2, 0.25) is 0 Å². The van der Waals surface area contributed by atoms with Gasteiger partial charge in [-0.1, -0.05) is 30.3 Å². The largest absolute Gasteiger partial charge is 0.456 e. The van der Waals surface area contributed by atoms with Crippen molar-refractivity contribution in [2.24, 2.45) is 0 Å². The third-order valence-corrected chi connectivity index (χ3v) is 4.49. The van der Waals surface area contributed by atoms with Crippen LogP contribution in [0.15, 0.2) is 59.0 Å². The molecule has 0 saturated carbocycles. The van der Waals surface area contributed by atoms with Gasteiger partial charge in [0.2, 0.25) is 5.89 Å². The minimum atomic E-state index is -0.471. The van der Waals surface area contributed by atoms with Crippen LogP contribution in [0.5, 0.6) is 0 Å². The molecular weight excluding hydrogens is 374 g/mol. The SMILES string of the molecule is O=C(CCCN1C(=O)c2ccccc2C1=O)OCc1nnc(-c2ccccc2)o1. The van der Waals surface area contributed by atoms with Crippen LogP contribution < -0.4 is 0 Å². The summed E-state index contributed by atoms with van der Waals surface area (Å²) in [5, 5.41) is 7.78. The van der Waals surface area contributed by atoms with Crippen molar-refractivity contribution in [2.75, 3.05) is 6.54 Å². The van der Waals surface area contributed by atoms with Crippen LogP contribution in [0, 0.1) is 0 Å². The van der Waals surface area contributed by atoms with Gasteiger partial charge in [-0.15, -0.1) is 10.2 Å². The molecule has 0 radical (unpaired) electrons. The topological polar surface area (TPSA) is 103 Å². The van der Waals surface area contributed by atoms with Gasteiger partial charge in [-0.2, -0.15) is 0 Å². The minimum absolute atomic E-state index is 0.0626. The quantitative estimate of drug-likeness (QED) is 0.451. The first kappa shape index (κ1) is 18.5. The van der Waals surface area contributed by atoms with Crippen molar-refractivity contribution >= 4 is 17.8 Å². The van der Waals surface area contributed by atoms with Gasteiger partial charge in [-0.25, -0.2) is 0 Å². The van der Waals surface area contributed by atoms with Crippen LogP contribution in [-0.4, -0.2) is 39.4 Å². The Kier molecular flexibility index (Phi) is 5.15. The fourth-order valence-electron chi connectivity index (χ4n) is 3.05. The Morgan fingerprint density at radius 2 is 1.59 bits per heavy atom. The zero-order chi connectivity index (χ0) is 20.2. The number of fused-ring (bicyclic) bond motifs is 1. The number of benzene rings is 2. The van der Waals surface area contributed by atoms with Crippen LogP contribution in [0.3, 0.4) is 0 Å². The molecule has 146 valence electrons. The third-order valence-electron chi connectivity index (χ3n) is 4.49. The molecule has 1 aliphatic rings. The monoisotopic (exact) mass is 391 g/mol. The molecule has 8 heteroatoms. The van der Waals surface area contributed by atoms with E-state index < -0.39 is 5.97 Å². The molecule has 8 nitrogen and oxygen atoms in total. The highest BCUT2D eigenvalue weighted by molar-refractivity contribution is 6.21. The Morgan fingerprint density at radius 3 is 2.28 bits per heavy atom. The maximum atomic E-state index is 12.3. The van der Waals surface area contributed by atoms with Crippen LogP contribution in [0.1, 0.15) is 39.4 Å². The Morgan fingerprint density at radius 1 is 0.931 bits per heavy atom. The molecule has 0 unspecified atom stereocenters. The summed E-state index contributed by atoms with van der Waals surface area (Å²) in [7, 11) is 0. The molecule has 0 N–H and O–H groups in total. The van der Waals surface area contributed by atoms with Crippen molar-refractivity contribution in [3.63, 3.8) is 0 Å². The average Bonchev–Trinajstić information content (AvgIpc) is 3.32. The number of carbonyl (C=O) groups excluding carboxylic acids is 3. The Labute approximate surface area is 166 Å². The molecule has 0 bridgehead atoms. The molecule has 0 spiro atoms. The number of hydrogen-bond acceptors (Lipinski definition) is 7. The highest BCUT2D eigenvalue weighted by atomic mass is 16.5. The van der Waals surface area contributed by atoms with E-state index in [2.05, 4.69) is 10.2 Å². The van der Waals surface area contributed by atoms with Crippen molar-refractivity contribution in [1.29, 1.82) is 0 Å². The second-order valence-electron chi connectivity index (χ2n) is 6.44. The van der Waals surface area contributed by atoms with Gasteiger partial charge in [0.1, 0.15) is 0 Å². The van der Waals surface area contributed by atoms with E-state index in [0.717, 1.165) is 10.5 Å². The number of nitrogens with zero attached hydrogens (tertiary/aromatic N) is 3. The molecule has 3 aromatic rings. The maximum absolute atomic E-state index is 12.3. The highest BCUT2D eigenvalue weighted by Crippen LogP contribution is 2.22. The molecule has 2 amide bonds. The summed E-state index contributed by atoms with van der Waals surface area (Å²) >= 11 is 0. The van der Waals surface area contributed by atoms with Crippen LogP contribution in [-0.2, 0) is 16.1 Å². The van der Waals surface area contributed by atoms with E-state index in [1.807, 2.05) is 30.3 Å². The number of aromatic nitrogens is 2. The second kappa shape index (κ2) is 8.05. The fraction of sp³-hybridized carbons (Fsp3) is 0.190. The second-order valence-corrected chi connectivity index (χ2v) is 6.44. The lowest BCUT2D eigenvalue weighted by Crippen LogP contribution is -2.31. The molecule has 1 aliphatic heterocycles. The van der Waals surface area contributed by atoms with Gasteiger partial charge in [0.15, 0.2) is 6.61 Å². The molecule has 0 atom stereocenters. The molecular formula is C21H17N3O5. The molecule has 2 heterocycles. The predicted octanol–water partition coefficient (Wildman–Crippen LogP) is 2.86. The van der Waals surface area contributed by atoms with Gasteiger partial charge in [0.05, 0.1) is 11.1 Å². The van der Waals surface area contributed by atoms with Gasteiger partial charge >= 0.3 is 5.97 Å². The van der Waals surface area contributed by atoms with E-state index in [0.29, 0.717) is 23.4 Å². The average molecular weight is 391 g/mol. The molecule has 4 rings (SSSR count). The minimum Gasteiger partial charge on any atom is -0.456 e. The summed E-state index contributed by atoms with van der Waals surface area (Å²) in [6.45, 7) is 0.0197. The van der Waals surface area contributed by atoms with E-state index in [9.17, 15) is 14.4 Å². The fourth-order valence-corrected chi connectivity index (χ4v) is 3.05. The van der Waals surface area contributed by atoms with Crippen molar-refractivity contribution in [3.05, 3.63) is 71.6 Å². The highest BCUT2D eigenvalue weighted by Gasteiger charge is 2.34. The van der Waals surface area contributed by atoms with Crippen LogP contribution >= 0.6 is 0 Å². The zero-order valence-electron chi connectivity index (χ0n) is 15.4. The lowest BCUT2D eigenvalue weighted by Gasteiger charge is -2.13. The Bertz CT molecular complexity index is 1030. The van der Waals surface area contributed by atoms with E-state index in [-0.39, 0.29) is 37.3 Å². The van der Waals surface area contributed by atoms with E-state index in [1.54, 1.807) is 24.3 Å². The van der Waals surface area contributed by atoms with Crippen LogP contribution in [0.4, 0.5) is 0 Å².